The van der Waals surface area contributed by atoms with Crippen LogP contribution in [0.4, 0.5) is 0 Å². The lowest BCUT2D eigenvalue weighted by atomic mass is 10.4. The molecule has 1 unspecified atom stereocenters. The van der Waals surface area contributed by atoms with Gasteiger partial charge in [-0.1, -0.05) is 26.1 Å². The van der Waals surface area contributed by atoms with Gasteiger partial charge in [0.15, 0.2) is 0 Å². The Morgan fingerprint density at radius 1 is 1.45 bits per heavy atom. The van der Waals surface area contributed by atoms with Crippen LogP contribution >= 0.6 is 11.3 Å². The number of hydrogen-bond donors (Lipinski definition) is 1. The molecule has 0 aliphatic carbocycles. The predicted molar refractivity (Wildman–Crippen MR) is 85.2 cm³/mol. The van der Waals surface area contributed by atoms with E-state index in [-0.39, 0.29) is 18.0 Å². The second kappa shape index (κ2) is 5.67. The van der Waals surface area contributed by atoms with Crippen LogP contribution < -0.4 is 11.2 Å². The fourth-order valence-corrected chi connectivity index (χ4v) is 3.73. The van der Waals surface area contributed by atoms with E-state index in [9.17, 15) is 9.59 Å². The summed E-state index contributed by atoms with van der Waals surface area (Å²) in [5.74, 6) is 0. The van der Waals surface area contributed by atoms with Gasteiger partial charge in [0.1, 0.15) is 11.4 Å². The van der Waals surface area contributed by atoms with Crippen LogP contribution in [-0.2, 0) is 11.5 Å². The van der Waals surface area contributed by atoms with Gasteiger partial charge in [-0.25, -0.2) is 4.79 Å². The van der Waals surface area contributed by atoms with Crippen molar-refractivity contribution in [3.05, 3.63) is 32.3 Å². The van der Waals surface area contributed by atoms with Crippen LogP contribution in [0.3, 0.4) is 0 Å². The maximum absolute atomic E-state index is 11.9. The van der Waals surface area contributed by atoms with Crippen molar-refractivity contribution < 1.29 is 4.74 Å². The van der Waals surface area contributed by atoms with E-state index in [1.165, 1.54) is 15.9 Å². The number of hydrogen-bond acceptors (Lipinski definition) is 4. The number of aromatic amines is 1. The Kier molecular flexibility index (Phi) is 4.31. The molecule has 0 saturated heterocycles. The Morgan fingerprint density at radius 3 is 2.80 bits per heavy atom. The van der Waals surface area contributed by atoms with Gasteiger partial charge in [-0.3, -0.25) is 14.3 Å². The summed E-state index contributed by atoms with van der Waals surface area (Å²) >= 11 is 1.33. The fraction of sp³-hybridized carbons (Fsp3) is 0.538. The van der Waals surface area contributed by atoms with Crippen LogP contribution in [0.2, 0.25) is 19.1 Å². The van der Waals surface area contributed by atoms with Crippen molar-refractivity contribution in [2.75, 3.05) is 0 Å². The molecule has 0 aliphatic rings. The molecule has 2 heterocycles. The molecule has 0 amide bonds. The molecule has 1 N–H and O–H groups in total. The van der Waals surface area contributed by atoms with Crippen molar-refractivity contribution in [1.29, 1.82) is 0 Å². The van der Waals surface area contributed by atoms with Crippen LogP contribution in [0.15, 0.2) is 21.0 Å². The molecule has 7 heteroatoms. The molecular weight excluding hydrogens is 292 g/mol. The number of nitrogens with one attached hydrogen (secondary N) is 1. The van der Waals surface area contributed by atoms with Crippen molar-refractivity contribution >= 4 is 29.6 Å². The SMILES string of the molecule is CC[Si](C)(C)C(C)OCn1c(=O)[nH]c(=O)c2sccc21. The van der Waals surface area contributed by atoms with E-state index in [0.717, 1.165) is 6.04 Å². The number of H-pyrrole nitrogens is 1. The minimum absolute atomic E-state index is 0.153. The summed E-state index contributed by atoms with van der Waals surface area (Å²) < 4.78 is 7.94. The van der Waals surface area contributed by atoms with E-state index >= 15 is 0 Å². The van der Waals surface area contributed by atoms with Gasteiger partial charge in [0.05, 0.1) is 13.6 Å². The molecule has 0 saturated carbocycles. The summed E-state index contributed by atoms with van der Waals surface area (Å²) in [6.45, 7) is 8.97. The normalized spacial score (nSPS) is 13.8. The number of thiophene rings is 1. The van der Waals surface area contributed by atoms with E-state index in [1.54, 1.807) is 6.07 Å². The zero-order valence-electron chi connectivity index (χ0n) is 12.2. The summed E-state index contributed by atoms with van der Waals surface area (Å²) in [5.41, 5.74) is 0.0589. The van der Waals surface area contributed by atoms with E-state index < -0.39 is 13.8 Å². The lowest BCUT2D eigenvalue weighted by molar-refractivity contribution is 0.0560. The molecule has 0 bridgehead atoms. The van der Waals surface area contributed by atoms with Crippen LogP contribution in [0.1, 0.15) is 13.8 Å². The summed E-state index contributed by atoms with van der Waals surface area (Å²) in [7, 11) is -1.42. The number of aromatic nitrogens is 2. The quantitative estimate of drug-likeness (QED) is 0.862. The van der Waals surface area contributed by atoms with Gasteiger partial charge >= 0.3 is 5.69 Å². The maximum Gasteiger partial charge on any atom is 0.330 e. The number of fused-ring (bicyclic) bond motifs is 1. The highest BCUT2D eigenvalue weighted by molar-refractivity contribution is 7.17. The van der Waals surface area contributed by atoms with Crippen molar-refractivity contribution in [2.45, 2.75) is 45.4 Å². The average Bonchev–Trinajstić information content (AvgIpc) is 2.87. The monoisotopic (exact) mass is 312 g/mol. The molecule has 110 valence electrons. The topological polar surface area (TPSA) is 64.1 Å². The summed E-state index contributed by atoms with van der Waals surface area (Å²) in [5, 5.41) is 1.81. The molecule has 20 heavy (non-hydrogen) atoms. The fourth-order valence-electron chi connectivity index (χ4n) is 1.84. The van der Waals surface area contributed by atoms with Crippen molar-refractivity contribution in [3.63, 3.8) is 0 Å². The highest BCUT2D eigenvalue weighted by Crippen LogP contribution is 2.18. The first-order valence-electron chi connectivity index (χ1n) is 6.68. The number of nitrogens with zero attached hydrogens (tertiary/aromatic N) is 1. The van der Waals surface area contributed by atoms with Crippen molar-refractivity contribution in [1.82, 2.24) is 9.55 Å². The van der Waals surface area contributed by atoms with Gasteiger partial charge in [0.2, 0.25) is 0 Å². The summed E-state index contributed by atoms with van der Waals surface area (Å²) in [6.07, 6.45) is 0. The Balaban J connectivity index is 2.29. The molecule has 2 aromatic rings. The largest absolute Gasteiger partial charge is 0.361 e. The smallest absolute Gasteiger partial charge is 0.330 e. The van der Waals surface area contributed by atoms with Crippen LogP contribution in [-0.4, -0.2) is 23.4 Å². The van der Waals surface area contributed by atoms with Crippen molar-refractivity contribution in [3.8, 4) is 0 Å². The molecule has 2 rings (SSSR count). The van der Waals surface area contributed by atoms with Gasteiger partial charge in [-0.05, 0) is 18.4 Å². The third-order valence-corrected chi connectivity index (χ3v) is 9.17. The van der Waals surface area contributed by atoms with Crippen LogP contribution in [0, 0.1) is 0 Å². The molecule has 5 nitrogen and oxygen atoms in total. The van der Waals surface area contributed by atoms with E-state index in [2.05, 4.69) is 31.9 Å². The minimum Gasteiger partial charge on any atom is -0.361 e. The Bertz CT molecular complexity index is 716. The summed E-state index contributed by atoms with van der Waals surface area (Å²) in [4.78, 5) is 25.9. The zero-order valence-corrected chi connectivity index (χ0v) is 14.0. The van der Waals surface area contributed by atoms with Crippen LogP contribution in [0.5, 0.6) is 0 Å². The Morgan fingerprint density at radius 2 is 2.15 bits per heavy atom. The van der Waals surface area contributed by atoms with Crippen molar-refractivity contribution in [2.24, 2.45) is 0 Å². The molecule has 0 fully saturated rings. The Hall–Kier alpha value is -1.18. The standard InChI is InChI=1S/C13H20N2O3SSi/c1-5-20(3,4)9(2)18-8-15-10-6-7-19-11(10)12(16)14-13(15)17/h6-7,9H,5,8H2,1-4H3,(H,14,16,17). The third-order valence-electron chi connectivity index (χ3n) is 4.07. The average molecular weight is 312 g/mol. The summed E-state index contributed by atoms with van der Waals surface area (Å²) in [6, 6.07) is 2.91. The molecule has 0 aliphatic heterocycles. The first-order chi connectivity index (χ1) is 9.36. The zero-order chi connectivity index (χ0) is 14.9. The minimum atomic E-state index is -1.42. The lowest BCUT2D eigenvalue weighted by Gasteiger charge is -2.28. The molecule has 0 spiro atoms. The number of ether oxygens (including phenoxy) is 1. The first-order valence-corrected chi connectivity index (χ1v) is 10.8. The van der Waals surface area contributed by atoms with Crippen LogP contribution in [0.25, 0.3) is 10.2 Å². The second-order valence-corrected chi connectivity index (χ2v) is 12.0. The second-order valence-electron chi connectivity index (χ2n) is 5.60. The highest BCUT2D eigenvalue weighted by atomic mass is 32.1. The van der Waals surface area contributed by atoms with Gasteiger partial charge in [-0.2, -0.15) is 0 Å². The molecule has 0 aromatic carbocycles. The number of rotatable bonds is 5. The van der Waals surface area contributed by atoms with E-state index in [0.29, 0.717) is 10.2 Å². The van der Waals surface area contributed by atoms with Gasteiger partial charge in [-0.15, -0.1) is 11.3 Å². The molecule has 0 radical (unpaired) electrons. The molecule has 2 aromatic heterocycles. The Labute approximate surface area is 122 Å². The molecule has 1 atom stereocenters. The predicted octanol–water partition coefficient (Wildman–Crippen LogP) is 2.38. The molecular formula is C13H20N2O3SSi. The van der Waals surface area contributed by atoms with Gasteiger partial charge in [0, 0.05) is 5.73 Å². The van der Waals surface area contributed by atoms with Gasteiger partial charge in [0.25, 0.3) is 5.56 Å². The highest BCUT2D eigenvalue weighted by Gasteiger charge is 2.27. The lowest BCUT2D eigenvalue weighted by Crippen LogP contribution is -2.42. The van der Waals surface area contributed by atoms with E-state index in [1.807, 2.05) is 5.38 Å². The first kappa shape index (κ1) is 15.2. The van der Waals surface area contributed by atoms with E-state index in [4.69, 9.17) is 4.74 Å². The maximum atomic E-state index is 11.9. The third kappa shape index (κ3) is 2.79. The van der Waals surface area contributed by atoms with Gasteiger partial charge < -0.3 is 4.74 Å².